The molecule has 1 saturated carbocycles. The van der Waals surface area contributed by atoms with Crippen molar-refractivity contribution in [3.8, 4) is 0 Å². The first-order valence-corrected chi connectivity index (χ1v) is 7.90. The van der Waals surface area contributed by atoms with Gasteiger partial charge >= 0.3 is 0 Å². The minimum atomic E-state index is 0. The van der Waals surface area contributed by atoms with E-state index in [1.54, 1.807) is 21.1 Å². The van der Waals surface area contributed by atoms with Crippen LogP contribution in [-0.4, -0.2) is 43.4 Å². The van der Waals surface area contributed by atoms with Crippen LogP contribution in [-0.2, 0) is 11.3 Å². The van der Waals surface area contributed by atoms with Crippen molar-refractivity contribution < 1.29 is 9.26 Å². The second-order valence-electron chi connectivity index (χ2n) is 5.96. The maximum Gasteiger partial charge on any atom is 0.246 e. The molecule has 1 aromatic rings. The molecule has 2 N–H and O–H groups in total. The fraction of sp³-hybridized carbons (Fsp3) is 0.800. The molecule has 1 heterocycles. The molecular weight excluding hydrogens is 409 g/mol. The summed E-state index contributed by atoms with van der Waals surface area (Å²) in [6.07, 6.45) is 6.21. The van der Waals surface area contributed by atoms with Crippen LogP contribution < -0.4 is 10.6 Å². The largest absolute Gasteiger partial charge is 0.385 e. The van der Waals surface area contributed by atoms with E-state index in [1.165, 1.54) is 25.7 Å². The zero-order valence-electron chi connectivity index (χ0n) is 14.2. The fourth-order valence-electron chi connectivity index (χ4n) is 3.02. The van der Waals surface area contributed by atoms with Gasteiger partial charge in [0.2, 0.25) is 5.89 Å². The zero-order chi connectivity index (χ0) is 15.8. The Hall–Kier alpha value is -0.900. The summed E-state index contributed by atoms with van der Waals surface area (Å²) in [5.41, 5.74) is 0.328. The maximum absolute atomic E-state index is 5.27. The van der Waals surface area contributed by atoms with E-state index in [1.807, 2.05) is 0 Å². The Kier molecular flexibility index (Phi) is 8.82. The highest BCUT2D eigenvalue weighted by Crippen LogP contribution is 2.40. The number of hydrogen-bond acceptors (Lipinski definition) is 5. The van der Waals surface area contributed by atoms with Crippen molar-refractivity contribution >= 4 is 29.9 Å². The van der Waals surface area contributed by atoms with Crippen LogP contribution >= 0.6 is 24.0 Å². The first kappa shape index (κ1) is 20.1. The Labute approximate surface area is 155 Å². The van der Waals surface area contributed by atoms with Gasteiger partial charge in [-0.2, -0.15) is 4.98 Å². The molecule has 0 aliphatic heterocycles. The van der Waals surface area contributed by atoms with E-state index in [-0.39, 0.29) is 24.0 Å². The molecule has 0 atom stereocenters. The standard InChI is InChI=1S/C15H27N5O2.HI/c1-12-19-13(22-20-12)10-17-14(16-2)18-11-15(8-9-21-3)6-4-5-7-15;/h4-11H2,1-3H3,(H2,16,17,18);1H. The SMILES string of the molecule is CN=C(NCc1nc(C)no1)NCC1(CCOC)CCCC1.I. The van der Waals surface area contributed by atoms with Crippen LogP contribution in [0.1, 0.15) is 43.8 Å². The number of methoxy groups -OCH3 is 1. The lowest BCUT2D eigenvalue weighted by Gasteiger charge is -2.29. The second-order valence-corrected chi connectivity index (χ2v) is 5.96. The molecule has 1 aromatic heterocycles. The number of halogens is 1. The summed E-state index contributed by atoms with van der Waals surface area (Å²) in [4.78, 5) is 8.42. The van der Waals surface area contributed by atoms with Crippen molar-refractivity contribution in [1.82, 2.24) is 20.8 Å². The van der Waals surface area contributed by atoms with Gasteiger partial charge in [-0.05, 0) is 31.6 Å². The molecule has 8 heteroatoms. The fourth-order valence-corrected chi connectivity index (χ4v) is 3.02. The van der Waals surface area contributed by atoms with Gasteiger partial charge in [-0.1, -0.05) is 18.0 Å². The molecule has 0 saturated heterocycles. The van der Waals surface area contributed by atoms with Crippen LogP contribution in [0.5, 0.6) is 0 Å². The molecule has 1 aliphatic rings. The van der Waals surface area contributed by atoms with Gasteiger partial charge in [0, 0.05) is 27.3 Å². The molecule has 0 amide bonds. The summed E-state index contributed by atoms with van der Waals surface area (Å²) in [6, 6.07) is 0. The van der Waals surface area contributed by atoms with E-state index in [0.29, 0.717) is 23.7 Å². The number of aryl methyl sites for hydroxylation is 1. The summed E-state index contributed by atoms with van der Waals surface area (Å²) in [5.74, 6) is 1.97. The summed E-state index contributed by atoms with van der Waals surface area (Å²) in [6.45, 7) is 4.01. The first-order valence-electron chi connectivity index (χ1n) is 7.90. The summed E-state index contributed by atoms with van der Waals surface area (Å²) in [7, 11) is 3.54. The lowest BCUT2D eigenvalue weighted by Crippen LogP contribution is -2.43. The van der Waals surface area contributed by atoms with Crippen molar-refractivity contribution in [3.05, 3.63) is 11.7 Å². The third-order valence-electron chi connectivity index (χ3n) is 4.33. The van der Waals surface area contributed by atoms with Crippen molar-refractivity contribution in [3.63, 3.8) is 0 Å². The molecule has 0 bridgehead atoms. The highest BCUT2D eigenvalue weighted by atomic mass is 127. The minimum absolute atomic E-state index is 0. The quantitative estimate of drug-likeness (QED) is 0.387. The smallest absolute Gasteiger partial charge is 0.246 e. The van der Waals surface area contributed by atoms with Gasteiger partial charge < -0.3 is 19.9 Å². The highest BCUT2D eigenvalue weighted by molar-refractivity contribution is 14.0. The number of hydrogen-bond donors (Lipinski definition) is 2. The third-order valence-corrected chi connectivity index (χ3v) is 4.33. The lowest BCUT2D eigenvalue weighted by molar-refractivity contribution is 0.138. The van der Waals surface area contributed by atoms with Crippen LogP contribution in [0.2, 0.25) is 0 Å². The van der Waals surface area contributed by atoms with Gasteiger partial charge in [0.25, 0.3) is 0 Å². The Bertz CT molecular complexity index is 486. The van der Waals surface area contributed by atoms with E-state index in [2.05, 4.69) is 25.8 Å². The molecule has 0 aromatic carbocycles. The number of rotatable bonds is 7. The van der Waals surface area contributed by atoms with Crippen LogP contribution in [0.3, 0.4) is 0 Å². The van der Waals surface area contributed by atoms with E-state index >= 15 is 0 Å². The number of nitrogens with zero attached hydrogens (tertiary/aromatic N) is 3. The molecule has 1 aliphatic carbocycles. The zero-order valence-corrected chi connectivity index (χ0v) is 16.6. The Balaban J connectivity index is 0.00000264. The van der Waals surface area contributed by atoms with Gasteiger partial charge in [0.15, 0.2) is 11.8 Å². The molecule has 23 heavy (non-hydrogen) atoms. The Morgan fingerprint density at radius 1 is 1.35 bits per heavy atom. The molecule has 132 valence electrons. The van der Waals surface area contributed by atoms with Crippen molar-refractivity contribution in [2.45, 2.75) is 45.6 Å². The third kappa shape index (κ3) is 6.25. The highest BCUT2D eigenvalue weighted by Gasteiger charge is 2.33. The van der Waals surface area contributed by atoms with Crippen molar-refractivity contribution in [2.24, 2.45) is 10.4 Å². The minimum Gasteiger partial charge on any atom is -0.385 e. The molecule has 1 fully saturated rings. The van der Waals surface area contributed by atoms with Crippen LogP contribution in [0.25, 0.3) is 0 Å². The Morgan fingerprint density at radius 3 is 2.65 bits per heavy atom. The van der Waals surface area contributed by atoms with E-state index < -0.39 is 0 Å². The monoisotopic (exact) mass is 437 g/mol. The average molecular weight is 437 g/mol. The topological polar surface area (TPSA) is 84.6 Å². The summed E-state index contributed by atoms with van der Waals surface area (Å²) < 4.78 is 10.4. The molecule has 0 unspecified atom stereocenters. The van der Waals surface area contributed by atoms with Gasteiger partial charge in [-0.25, -0.2) is 0 Å². The van der Waals surface area contributed by atoms with E-state index in [0.717, 1.165) is 25.5 Å². The van der Waals surface area contributed by atoms with Gasteiger partial charge in [-0.3, -0.25) is 4.99 Å². The Morgan fingerprint density at radius 2 is 2.09 bits per heavy atom. The second kappa shape index (κ2) is 10.1. The van der Waals surface area contributed by atoms with E-state index in [4.69, 9.17) is 9.26 Å². The molecule has 0 radical (unpaired) electrons. The first-order chi connectivity index (χ1) is 10.7. The number of ether oxygens (including phenoxy) is 1. The van der Waals surface area contributed by atoms with Crippen LogP contribution in [0, 0.1) is 12.3 Å². The number of aromatic nitrogens is 2. The summed E-state index contributed by atoms with van der Waals surface area (Å²) >= 11 is 0. The molecule has 0 spiro atoms. The predicted molar refractivity (Wildman–Crippen MR) is 100 cm³/mol. The number of aliphatic imine (C=N–C) groups is 1. The average Bonchev–Trinajstić information content (AvgIpc) is 3.15. The van der Waals surface area contributed by atoms with Crippen molar-refractivity contribution in [1.29, 1.82) is 0 Å². The lowest BCUT2D eigenvalue weighted by atomic mass is 9.83. The van der Waals surface area contributed by atoms with Gasteiger partial charge in [0.1, 0.15) is 0 Å². The normalized spacial score (nSPS) is 16.9. The van der Waals surface area contributed by atoms with Crippen LogP contribution in [0.4, 0.5) is 0 Å². The van der Waals surface area contributed by atoms with Gasteiger partial charge in [-0.15, -0.1) is 24.0 Å². The molecular formula is C15H28IN5O2. The predicted octanol–water partition coefficient (Wildman–Crippen LogP) is 2.26. The maximum atomic E-state index is 5.27. The van der Waals surface area contributed by atoms with E-state index in [9.17, 15) is 0 Å². The summed E-state index contributed by atoms with van der Waals surface area (Å²) in [5, 5.41) is 10.4. The number of guanidine groups is 1. The molecule has 7 nitrogen and oxygen atoms in total. The number of nitrogens with one attached hydrogen (secondary N) is 2. The van der Waals surface area contributed by atoms with Crippen LogP contribution in [0.15, 0.2) is 9.52 Å². The van der Waals surface area contributed by atoms with Gasteiger partial charge in [0.05, 0.1) is 6.54 Å². The van der Waals surface area contributed by atoms with Crippen molar-refractivity contribution in [2.75, 3.05) is 27.3 Å². The molecule has 2 rings (SSSR count).